The summed E-state index contributed by atoms with van der Waals surface area (Å²) < 4.78 is 0. The van der Waals surface area contributed by atoms with E-state index in [0.29, 0.717) is 0 Å². The van der Waals surface area contributed by atoms with Crippen LogP contribution in [0.25, 0.3) is 0 Å². The molecule has 0 nitrogen and oxygen atoms in total. The Morgan fingerprint density at radius 1 is 0.462 bits per heavy atom. The molecule has 13 heavy (non-hydrogen) atoms. The average molecular weight is 168 g/mol. The van der Waals surface area contributed by atoms with Gasteiger partial charge in [0.1, 0.15) is 0 Å². The molecule has 1 aliphatic carbocycles. The van der Waals surface area contributed by atoms with Gasteiger partial charge in [0.15, 0.2) is 0 Å². The minimum absolute atomic E-state index is 0. The highest BCUT2D eigenvalue weighted by Crippen LogP contribution is 2.11. The van der Waals surface area contributed by atoms with Gasteiger partial charge in [0.2, 0.25) is 0 Å². The third kappa shape index (κ3) is 0.919. The standard InChI is InChI=1S/C12H8.CH4/c1-2-6-10-9(5-1)11-7-3-4-8-12(10)11;/h1-8H;1H4. The van der Waals surface area contributed by atoms with Crippen molar-refractivity contribution in [3.8, 4) is 0 Å². The molecule has 0 fully saturated rings. The second-order valence-corrected chi connectivity index (χ2v) is 3.09. The second-order valence-electron chi connectivity index (χ2n) is 3.09. The first-order valence-corrected chi connectivity index (χ1v) is 4.15. The molecule has 64 valence electrons. The Balaban J connectivity index is 0.000000653. The van der Waals surface area contributed by atoms with Crippen LogP contribution in [0.15, 0.2) is 48.5 Å². The number of benzene rings is 2. The van der Waals surface area contributed by atoms with Gasteiger partial charge in [-0.3, -0.25) is 0 Å². The highest BCUT2D eigenvalue weighted by molar-refractivity contribution is 5.28. The molecule has 0 atom stereocenters. The van der Waals surface area contributed by atoms with E-state index in [-0.39, 0.29) is 7.43 Å². The van der Waals surface area contributed by atoms with Gasteiger partial charge in [-0.1, -0.05) is 56.0 Å². The predicted octanol–water partition coefficient (Wildman–Crippen LogP) is 3.21. The van der Waals surface area contributed by atoms with Gasteiger partial charge in [-0.05, 0) is 20.9 Å². The number of rotatable bonds is 0. The maximum Gasteiger partial charge on any atom is -0.00990 e. The predicted molar refractivity (Wildman–Crippen MR) is 55.0 cm³/mol. The molecule has 0 unspecified atom stereocenters. The molecule has 2 aromatic rings. The molecule has 0 saturated heterocycles. The Labute approximate surface area is 77.5 Å². The van der Waals surface area contributed by atoms with Crippen molar-refractivity contribution < 1.29 is 0 Å². The fraction of sp³-hybridized carbons (Fsp3) is 0.0769. The lowest BCUT2D eigenvalue weighted by Gasteiger charge is -2.02. The van der Waals surface area contributed by atoms with E-state index < -0.39 is 0 Å². The SMILES string of the molecule is C.c1ccc2c(c1)=c1ccccc1=2. The van der Waals surface area contributed by atoms with E-state index in [2.05, 4.69) is 48.5 Å². The molecule has 0 saturated carbocycles. The van der Waals surface area contributed by atoms with Crippen molar-refractivity contribution in [1.82, 2.24) is 0 Å². The van der Waals surface area contributed by atoms with Gasteiger partial charge in [-0.25, -0.2) is 0 Å². The zero-order valence-electron chi connectivity index (χ0n) is 6.62. The molecule has 0 N–H and O–H groups in total. The molecular formula is C13H12. The fourth-order valence-electron chi connectivity index (χ4n) is 1.84. The molecule has 0 aromatic heterocycles. The van der Waals surface area contributed by atoms with Crippen molar-refractivity contribution in [1.29, 1.82) is 0 Å². The molecular weight excluding hydrogens is 156 g/mol. The Kier molecular flexibility index (Phi) is 1.70. The van der Waals surface area contributed by atoms with Crippen LogP contribution in [0.3, 0.4) is 0 Å². The Hall–Kier alpha value is -1.56. The summed E-state index contributed by atoms with van der Waals surface area (Å²) in [5.74, 6) is 0. The second kappa shape index (κ2) is 2.74. The zero-order chi connectivity index (χ0) is 7.97. The van der Waals surface area contributed by atoms with E-state index in [1.54, 1.807) is 0 Å². The average Bonchev–Trinajstić information content (AvgIpc) is 2.14. The summed E-state index contributed by atoms with van der Waals surface area (Å²) in [6, 6.07) is 17.1. The third-order valence-electron chi connectivity index (χ3n) is 2.43. The number of fused-ring (bicyclic) bond motifs is 2. The van der Waals surface area contributed by atoms with E-state index in [0.717, 1.165) is 0 Å². The smallest absolute Gasteiger partial charge is 0.00990 e. The monoisotopic (exact) mass is 168 g/mol. The molecule has 0 aliphatic heterocycles. The minimum Gasteiger partial charge on any atom is -0.0776 e. The van der Waals surface area contributed by atoms with Crippen LogP contribution in [0.5, 0.6) is 0 Å². The molecule has 1 aliphatic rings. The molecule has 0 amide bonds. The van der Waals surface area contributed by atoms with Crippen molar-refractivity contribution in [3.63, 3.8) is 0 Å². The lowest BCUT2D eigenvalue weighted by atomic mass is 10.0. The summed E-state index contributed by atoms with van der Waals surface area (Å²) in [7, 11) is 0. The van der Waals surface area contributed by atoms with E-state index in [9.17, 15) is 0 Å². The van der Waals surface area contributed by atoms with Crippen LogP contribution >= 0.6 is 0 Å². The number of hydrogen-bond donors (Lipinski definition) is 0. The Morgan fingerprint density at radius 3 is 0.923 bits per heavy atom. The third-order valence-corrected chi connectivity index (χ3v) is 2.43. The summed E-state index contributed by atoms with van der Waals surface area (Å²) in [6.07, 6.45) is 0. The van der Waals surface area contributed by atoms with Gasteiger partial charge in [-0.15, -0.1) is 0 Å². The van der Waals surface area contributed by atoms with Crippen molar-refractivity contribution in [2.75, 3.05) is 0 Å². The number of hydrogen-bond acceptors (Lipinski definition) is 0. The van der Waals surface area contributed by atoms with Gasteiger partial charge in [0.25, 0.3) is 0 Å². The zero-order valence-corrected chi connectivity index (χ0v) is 6.62. The van der Waals surface area contributed by atoms with Crippen LogP contribution in [0.1, 0.15) is 7.43 Å². The van der Waals surface area contributed by atoms with Crippen LogP contribution in [0.4, 0.5) is 0 Å². The van der Waals surface area contributed by atoms with Crippen LogP contribution in [0, 0.1) is 20.9 Å². The van der Waals surface area contributed by atoms with Gasteiger partial charge < -0.3 is 0 Å². The minimum atomic E-state index is 0. The molecule has 2 aromatic carbocycles. The molecule has 3 rings (SSSR count). The van der Waals surface area contributed by atoms with E-state index in [1.165, 1.54) is 20.9 Å². The van der Waals surface area contributed by atoms with Crippen molar-refractivity contribution >= 4 is 0 Å². The van der Waals surface area contributed by atoms with Crippen molar-refractivity contribution in [2.24, 2.45) is 0 Å². The summed E-state index contributed by atoms with van der Waals surface area (Å²) in [4.78, 5) is 0. The molecule has 0 radical (unpaired) electrons. The first-order valence-electron chi connectivity index (χ1n) is 4.15. The lowest BCUT2D eigenvalue weighted by molar-refractivity contribution is 1.29. The quantitative estimate of drug-likeness (QED) is 0.483. The van der Waals surface area contributed by atoms with E-state index >= 15 is 0 Å². The van der Waals surface area contributed by atoms with Crippen LogP contribution < -0.4 is 0 Å². The van der Waals surface area contributed by atoms with Gasteiger partial charge >= 0.3 is 0 Å². The van der Waals surface area contributed by atoms with Gasteiger partial charge in [-0.2, -0.15) is 0 Å². The molecule has 0 bridgehead atoms. The topological polar surface area (TPSA) is 0 Å². The first-order chi connectivity index (χ1) is 5.97. The molecule has 0 spiro atoms. The normalized spacial score (nSPS) is 10.5. The summed E-state index contributed by atoms with van der Waals surface area (Å²) >= 11 is 0. The van der Waals surface area contributed by atoms with Crippen LogP contribution in [-0.2, 0) is 0 Å². The fourth-order valence-corrected chi connectivity index (χ4v) is 1.84. The highest BCUT2D eigenvalue weighted by atomic mass is 14.0. The van der Waals surface area contributed by atoms with Gasteiger partial charge in [0.05, 0.1) is 0 Å². The maximum absolute atomic E-state index is 2.18. The van der Waals surface area contributed by atoms with Gasteiger partial charge in [0, 0.05) is 0 Å². The van der Waals surface area contributed by atoms with Crippen molar-refractivity contribution in [3.05, 3.63) is 69.4 Å². The Bertz CT molecular complexity index is 474. The van der Waals surface area contributed by atoms with Crippen molar-refractivity contribution in [2.45, 2.75) is 7.43 Å². The molecule has 0 heteroatoms. The molecule has 0 heterocycles. The summed E-state index contributed by atoms with van der Waals surface area (Å²) in [6.45, 7) is 0. The highest BCUT2D eigenvalue weighted by Gasteiger charge is 1.97. The van der Waals surface area contributed by atoms with E-state index in [1.807, 2.05) is 0 Å². The van der Waals surface area contributed by atoms with E-state index in [4.69, 9.17) is 0 Å². The largest absolute Gasteiger partial charge is 0.0776 e. The lowest BCUT2D eigenvalue weighted by Crippen LogP contribution is -1.88. The maximum atomic E-state index is 2.18. The Morgan fingerprint density at radius 2 is 0.692 bits per heavy atom. The van der Waals surface area contributed by atoms with Crippen LogP contribution in [-0.4, -0.2) is 0 Å². The first kappa shape index (κ1) is 8.06. The summed E-state index contributed by atoms with van der Waals surface area (Å²) in [5.41, 5.74) is 0. The van der Waals surface area contributed by atoms with Crippen LogP contribution in [0.2, 0.25) is 0 Å². The summed E-state index contributed by atoms with van der Waals surface area (Å²) in [5, 5.41) is 5.59.